The van der Waals surface area contributed by atoms with Crippen LogP contribution in [0.15, 0.2) is 42.7 Å². The number of nitrogens with zero attached hydrogens (tertiary/aromatic N) is 5. The lowest BCUT2D eigenvalue weighted by Gasteiger charge is -2.35. The molecular weight excluding hydrogens is 386 g/mol. The third-order valence-corrected chi connectivity index (χ3v) is 5.89. The first-order valence-corrected chi connectivity index (χ1v) is 10.5. The lowest BCUT2D eigenvalue weighted by atomic mass is 9.90. The summed E-state index contributed by atoms with van der Waals surface area (Å²) in [6, 6.07) is 9.75. The van der Waals surface area contributed by atoms with Crippen LogP contribution in [0, 0.1) is 5.92 Å². The zero-order chi connectivity index (χ0) is 20.4. The Labute approximate surface area is 176 Å². The maximum absolute atomic E-state index is 10.2. The van der Waals surface area contributed by atoms with Gasteiger partial charge in [0.25, 0.3) is 0 Å². The number of aromatic nitrogens is 4. The molecule has 1 N–H and O–H groups in total. The van der Waals surface area contributed by atoms with Crippen molar-refractivity contribution in [2.75, 3.05) is 18.0 Å². The minimum absolute atomic E-state index is 0.210. The second kappa shape index (κ2) is 8.51. The monoisotopic (exact) mass is 411 g/mol. The molecule has 0 radical (unpaired) electrons. The van der Waals surface area contributed by atoms with E-state index in [9.17, 15) is 5.11 Å². The molecule has 1 fully saturated rings. The summed E-state index contributed by atoms with van der Waals surface area (Å²) in [4.78, 5) is 11.9. The lowest BCUT2D eigenvalue weighted by molar-refractivity contribution is 0.0892. The second-order valence-corrected chi connectivity index (χ2v) is 8.08. The van der Waals surface area contributed by atoms with Gasteiger partial charge in [-0.15, -0.1) is 0 Å². The van der Waals surface area contributed by atoms with E-state index in [1.807, 2.05) is 50.5 Å². The summed E-state index contributed by atoms with van der Waals surface area (Å²) in [6.07, 6.45) is 6.25. The molecule has 0 spiro atoms. The molecule has 4 rings (SSSR count). The van der Waals surface area contributed by atoms with Gasteiger partial charge in [0.05, 0.1) is 23.6 Å². The number of aliphatic hydroxyl groups is 1. The molecule has 1 unspecified atom stereocenters. The lowest BCUT2D eigenvalue weighted by Crippen LogP contribution is -2.38. The van der Waals surface area contributed by atoms with Gasteiger partial charge in [-0.3, -0.25) is 4.68 Å². The van der Waals surface area contributed by atoms with Crippen molar-refractivity contribution in [2.45, 2.75) is 32.3 Å². The third kappa shape index (κ3) is 4.43. The molecule has 0 bridgehead atoms. The van der Waals surface area contributed by atoms with Crippen molar-refractivity contribution >= 4 is 17.4 Å². The number of anilines is 1. The fraction of sp³-hybridized carbons (Fsp3) is 0.409. The molecule has 29 heavy (non-hydrogen) atoms. The SMILES string of the molecule is CCC(O)C1CCN(c2cc(-c3ccc(Cl)cc3)nc(-c3cnn(C)c3)n2)CC1. The fourth-order valence-corrected chi connectivity index (χ4v) is 4.00. The van der Waals surface area contributed by atoms with Crippen molar-refractivity contribution in [3.8, 4) is 22.6 Å². The van der Waals surface area contributed by atoms with E-state index < -0.39 is 0 Å². The zero-order valence-corrected chi connectivity index (χ0v) is 17.5. The number of rotatable bonds is 5. The van der Waals surface area contributed by atoms with Crippen molar-refractivity contribution < 1.29 is 5.11 Å². The van der Waals surface area contributed by atoms with E-state index in [0.717, 1.165) is 55.0 Å². The van der Waals surface area contributed by atoms with Crippen LogP contribution < -0.4 is 4.90 Å². The van der Waals surface area contributed by atoms with Crippen LogP contribution in [-0.4, -0.2) is 44.0 Å². The topological polar surface area (TPSA) is 67.1 Å². The van der Waals surface area contributed by atoms with Gasteiger partial charge >= 0.3 is 0 Å². The van der Waals surface area contributed by atoms with Gasteiger partial charge in [0.1, 0.15) is 5.82 Å². The summed E-state index contributed by atoms with van der Waals surface area (Å²) in [7, 11) is 1.89. The third-order valence-electron chi connectivity index (χ3n) is 5.64. The number of halogens is 1. The average Bonchev–Trinajstić information content (AvgIpc) is 3.20. The molecule has 3 heterocycles. The summed E-state index contributed by atoms with van der Waals surface area (Å²) in [5.74, 6) is 1.94. The van der Waals surface area contributed by atoms with Gasteiger partial charge in [0, 0.05) is 43.0 Å². The fourth-order valence-electron chi connectivity index (χ4n) is 3.88. The highest BCUT2D eigenvalue weighted by atomic mass is 35.5. The maximum Gasteiger partial charge on any atom is 0.165 e. The Hall–Kier alpha value is -2.44. The Balaban J connectivity index is 1.68. The van der Waals surface area contributed by atoms with E-state index in [1.165, 1.54) is 0 Å². The first-order valence-electron chi connectivity index (χ1n) is 10.1. The van der Waals surface area contributed by atoms with Crippen LogP contribution in [0.4, 0.5) is 5.82 Å². The first kappa shape index (κ1) is 19.9. The van der Waals surface area contributed by atoms with Gasteiger partial charge in [-0.1, -0.05) is 30.7 Å². The number of hydrogen-bond donors (Lipinski definition) is 1. The number of aliphatic hydroxyl groups excluding tert-OH is 1. The Kier molecular flexibility index (Phi) is 5.83. The highest BCUT2D eigenvalue weighted by Crippen LogP contribution is 2.30. The minimum Gasteiger partial charge on any atom is -0.393 e. The molecule has 1 aliphatic rings. The van der Waals surface area contributed by atoms with Gasteiger partial charge in [-0.05, 0) is 37.3 Å². The normalized spacial score (nSPS) is 16.2. The van der Waals surface area contributed by atoms with E-state index in [1.54, 1.807) is 10.9 Å². The Morgan fingerprint density at radius 2 is 1.86 bits per heavy atom. The van der Waals surface area contributed by atoms with Gasteiger partial charge < -0.3 is 10.0 Å². The molecule has 1 aliphatic heterocycles. The van der Waals surface area contributed by atoms with E-state index in [4.69, 9.17) is 21.6 Å². The van der Waals surface area contributed by atoms with E-state index in [0.29, 0.717) is 16.8 Å². The molecule has 1 atom stereocenters. The van der Waals surface area contributed by atoms with Crippen LogP contribution in [0.1, 0.15) is 26.2 Å². The minimum atomic E-state index is -0.210. The van der Waals surface area contributed by atoms with Gasteiger partial charge in [0.2, 0.25) is 0 Å². The molecule has 0 aliphatic carbocycles. The van der Waals surface area contributed by atoms with Crippen LogP contribution in [-0.2, 0) is 7.05 Å². The Bertz CT molecular complexity index is 964. The van der Waals surface area contributed by atoms with Gasteiger partial charge in [-0.25, -0.2) is 9.97 Å². The smallest absolute Gasteiger partial charge is 0.165 e. The van der Waals surface area contributed by atoms with Crippen LogP contribution in [0.3, 0.4) is 0 Å². The molecule has 6 nitrogen and oxygen atoms in total. The van der Waals surface area contributed by atoms with E-state index in [2.05, 4.69) is 10.00 Å². The molecule has 3 aromatic rings. The molecular formula is C22H26ClN5O. The molecule has 0 saturated carbocycles. The summed E-state index contributed by atoms with van der Waals surface area (Å²) in [5.41, 5.74) is 2.75. The number of benzene rings is 1. The maximum atomic E-state index is 10.2. The molecule has 2 aromatic heterocycles. The summed E-state index contributed by atoms with van der Waals surface area (Å²) in [5, 5.41) is 15.2. The number of piperidine rings is 1. The molecule has 1 aromatic carbocycles. The number of hydrogen-bond acceptors (Lipinski definition) is 5. The standard InChI is InChI=1S/C22H26ClN5O/c1-3-20(29)16-8-10-28(11-9-16)21-12-19(15-4-6-18(23)7-5-15)25-22(26-21)17-13-24-27(2)14-17/h4-7,12-14,16,20,29H,3,8-11H2,1-2H3. The largest absolute Gasteiger partial charge is 0.393 e. The quantitative estimate of drug-likeness (QED) is 0.682. The molecule has 7 heteroatoms. The zero-order valence-electron chi connectivity index (χ0n) is 16.8. The molecule has 0 amide bonds. The second-order valence-electron chi connectivity index (χ2n) is 7.64. The van der Waals surface area contributed by atoms with Gasteiger partial charge in [0.15, 0.2) is 5.82 Å². The Morgan fingerprint density at radius 1 is 1.14 bits per heavy atom. The van der Waals surface area contributed by atoms with Crippen LogP contribution in [0.5, 0.6) is 0 Å². The number of aryl methyl sites for hydroxylation is 1. The van der Waals surface area contributed by atoms with Crippen molar-refractivity contribution in [3.63, 3.8) is 0 Å². The summed E-state index contributed by atoms with van der Waals surface area (Å²) >= 11 is 6.06. The van der Waals surface area contributed by atoms with E-state index >= 15 is 0 Å². The summed E-state index contributed by atoms with van der Waals surface area (Å²) in [6.45, 7) is 3.80. The molecule has 152 valence electrons. The average molecular weight is 412 g/mol. The van der Waals surface area contributed by atoms with Crippen LogP contribution in [0.2, 0.25) is 5.02 Å². The van der Waals surface area contributed by atoms with Crippen molar-refractivity contribution in [1.29, 1.82) is 0 Å². The van der Waals surface area contributed by atoms with Crippen LogP contribution in [0.25, 0.3) is 22.6 Å². The van der Waals surface area contributed by atoms with Gasteiger partial charge in [-0.2, -0.15) is 5.10 Å². The predicted molar refractivity (Wildman–Crippen MR) is 116 cm³/mol. The highest BCUT2D eigenvalue weighted by molar-refractivity contribution is 6.30. The van der Waals surface area contributed by atoms with Crippen molar-refractivity contribution in [3.05, 3.63) is 47.7 Å². The molecule has 1 saturated heterocycles. The van der Waals surface area contributed by atoms with Crippen LogP contribution >= 0.6 is 11.6 Å². The van der Waals surface area contributed by atoms with E-state index in [-0.39, 0.29) is 6.10 Å². The predicted octanol–water partition coefficient (Wildman–Crippen LogP) is 4.18. The first-order chi connectivity index (χ1) is 14.0. The van der Waals surface area contributed by atoms with Crippen molar-refractivity contribution in [2.24, 2.45) is 13.0 Å². The van der Waals surface area contributed by atoms with Crippen molar-refractivity contribution in [1.82, 2.24) is 19.7 Å². The highest BCUT2D eigenvalue weighted by Gasteiger charge is 2.25. The Morgan fingerprint density at radius 3 is 2.48 bits per heavy atom. The summed E-state index contributed by atoms with van der Waals surface area (Å²) < 4.78 is 1.75.